The van der Waals surface area contributed by atoms with Crippen LogP contribution in [0.15, 0.2) is 72.1 Å². The van der Waals surface area contributed by atoms with Gasteiger partial charge in [-0.2, -0.15) is 5.10 Å². The van der Waals surface area contributed by atoms with Crippen molar-refractivity contribution in [2.45, 2.75) is 19.4 Å². The highest BCUT2D eigenvalue weighted by molar-refractivity contribution is 6.36. The predicted octanol–water partition coefficient (Wildman–Crippen LogP) is 5.48. The molecule has 0 radical (unpaired) electrons. The Bertz CT molecular complexity index is 990. The second-order valence-electron chi connectivity index (χ2n) is 6.40. The molecule has 27 heavy (non-hydrogen) atoms. The molecule has 136 valence electrons. The molecular formula is C21H17Cl2N3O. The predicted molar refractivity (Wildman–Crippen MR) is 109 cm³/mol. The van der Waals surface area contributed by atoms with Gasteiger partial charge < -0.3 is 4.57 Å². The number of hydrogen-bond donors (Lipinski definition) is 0. The molecule has 1 aliphatic heterocycles. The molecular weight excluding hydrogens is 381 g/mol. The highest BCUT2D eigenvalue weighted by Gasteiger charge is 2.34. The Balaban J connectivity index is 1.66. The van der Waals surface area contributed by atoms with Gasteiger partial charge in [-0.15, -0.1) is 0 Å². The highest BCUT2D eigenvalue weighted by atomic mass is 35.5. The Kier molecular flexibility index (Phi) is 4.77. The van der Waals surface area contributed by atoms with Gasteiger partial charge >= 0.3 is 0 Å². The number of hydrazone groups is 1. The van der Waals surface area contributed by atoms with Crippen LogP contribution in [0, 0.1) is 0 Å². The second-order valence-corrected chi connectivity index (χ2v) is 7.22. The van der Waals surface area contributed by atoms with E-state index in [1.807, 2.05) is 53.4 Å². The summed E-state index contributed by atoms with van der Waals surface area (Å²) in [4.78, 5) is 12.2. The summed E-state index contributed by atoms with van der Waals surface area (Å²) in [7, 11) is 0. The van der Waals surface area contributed by atoms with Crippen LogP contribution in [0.5, 0.6) is 0 Å². The molecule has 1 atom stereocenters. The topological polar surface area (TPSA) is 37.6 Å². The molecule has 0 saturated heterocycles. The van der Waals surface area contributed by atoms with Gasteiger partial charge in [-0.25, -0.2) is 5.01 Å². The number of benzene rings is 2. The van der Waals surface area contributed by atoms with E-state index in [1.165, 1.54) is 11.9 Å². The van der Waals surface area contributed by atoms with Crippen molar-refractivity contribution >= 4 is 34.8 Å². The van der Waals surface area contributed by atoms with Crippen LogP contribution in [-0.2, 0) is 4.79 Å². The molecule has 1 aromatic heterocycles. The molecule has 1 aliphatic rings. The lowest BCUT2D eigenvalue weighted by Gasteiger charge is -2.22. The first-order chi connectivity index (χ1) is 13.0. The average Bonchev–Trinajstić information content (AvgIpc) is 3.32. The van der Waals surface area contributed by atoms with Crippen molar-refractivity contribution in [3.05, 3.63) is 88.2 Å². The molecule has 0 fully saturated rings. The summed E-state index contributed by atoms with van der Waals surface area (Å²) < 4.78 is 2.04. The van der Waals surface area contributed by atoms with Crippen molar-refractivity contribution in [2.24, 2.45) is 5.10 Å². The molecule has 2 heterocycles. The smallest absolute Gasteiger partial charge is 0.240 e. The minimum atomic E-state index is -0.303. The second kappa shape index (κ2) is 7.22. The molecule has 0 saturated carbocycles. The van der Waals surface area contributed by atoms with Crippen LogP contribution in [0.25, 0.3) is 5.69 Å². The van der Waals surface area contributed by atoms with Crippen molar-refractivity contribution in [3.8, 4) is 5.69 Å². The van der Waals surface area contributed by atoms with Crippen molar-refractivity contribution in [2.75, 3.05) is 0 Å². The lowest BCUT2D eigenvalue weighted by atomic mass is 9.98. The maximum Gasteiger partial charge on any atom is 0.240 e. The number of aromatic nitrogens is 1. The number of carbonyl (C=O) groups is 1. The minimum Gasteiger partial charge on any atom is -0.324 e. The van der Waals surface area contributed by atoms with Crippen LogP contribution in [-0.4, -0.2) is 21.2 Å². The minimum absolute atomic E-state index is 0.144. The van der Waals surface area contributed by atoms with Gasteiger partial charge in [0.1, 0.15) is 0 Å². The summed E-state index contributed by atoms with van der Waals surface area (Å²) in [6.07, 6.45) is 4.55. The van der Waals surface area contributed by atoms with E-state index in [0.29, 0.717) is 16.5 Å². The lowest BCUT2D eigenvalue weighted by Crippen LogP contribution is -2.24. The highest BCUT2D eigenvalue weighted by Crippen LogP contribution is 2.40. The average molecular weight is 398 g/mol. The molecule has 0 bridgehead atoms. The number of carbonyl (C=O) groups excluding carboxylic acids is 1. The Hall–Kier alpha value is -2.56. The molecule has 1 unspecified atom stereocenters. The molecule has 6 heteroatoms. The molecule has 1 amide bonds. The normalized spacial score (nSPS) is 16.5. The van der Waals surface area contributed by atoms with Crippen LogP contribution < -0.4 is 0 Å². The number of hydrogen-bond acceptors (Lipinski definition) is 2. The fraction of sp³-hybridized carbons (Fsp3) is 0.143. The van der Waals surface area contributed by atoms with E-state index in [4.69, 9.17) is 23.2 Å². The van der Waals surface area contributed by atoms with E-state index >= 15 is 0 Å². The van der Waals surface area contributed by atoms with Gasteiger partial charge in [0, 0.05) is 47.0 Å². The number of amides is 1. The van der Waals surface area contributed by atoms with Gasteiger partial charge in [0.15, 0.2) is 0 Å². The Morgan fingerprint density at radius 3 is 2.22 bits per heavy atom. The number of rotatable bonds is 3. The van der Waals surface area contributed by atoms with Crippen LogP contribution >= 0.6 is 23.2 Å². The van der Waals surface area contributed by atoms with E-state index < -0.39 is 0 Å². The zero-order chi connectivity index (χ0) is 19.0. The van der Waals surface area contributed by atoms with Gasteiger partial charge in [0.25, 0.3) is 0 Å². The zero-order valence-electron chi connectivity index (χ0n) is 14.6. The van der Waals surface area contributed by atoms with Gasteiger partial charge in [-0.05, 0) is 42.0 Å². The standard InChI is InChI=1S/C21H17Cl2N3O/c1-14(27)26-20(21-17(22)5-4-6-18(21)23)13-19(24-26)15-7-9-16(10-8-15)25-11-2-3-12-25/h2-12,20H,13H2,1H3. The summed E-state index contributed by atoms with van der Waals surface area (Å²) >= 11 is 12.8. The lowest BCUT2D eigenvalue weighted by molar-refractivity contribution is -0.130. The molecule has 0 aliphatic carbocycles. The summed E-state index contributed by atoms with van der Waals surface area (Å²) in [5.74, 6) is -0.144. The maximum atomic E-state index is 12.2. The summed E-state index contributed by atoms with van der Waals surface area (Å²) in [6.45, 7) is 1.50. The van der Waals surface area contributed by atoms with Gasteiger partial charge in [0.05, 0.1) is 11.8 Å². The Morgan fingerprint density at radius 2 is 1.63 bits per heavy atom. The van der Waals surface area contributed by atoms with Gasteiger partial charge in [0.2, 0.25) is 5.91 Å². The van der Waals surface area contributed by atoms with Gasteiger partial charge in [-0.1, -0.05) is 41.4 Å². The zero-order valence-corrected chi connectivity index (χ0v) is 16.2. The SMILES string of the molecule is CC(=O)N1N=C(c2ccc(-n3cccc3)cc2)CC1c1c(Cl)cccc1Cl. The third kappa shape index (κ3) is 3.38. The molecule has 4 nitrogen and oxygen atoms in total. The Labute approximate surface area is 167 Å². The van der Waals surface area contributed by atoms with Crippen molar-refractivity contribution < 1.29 is 4.79 Å². The largest absolute Gasteiger partial charge is 0.324 e. The molecule has 3 aromatic rings. The number of halogens is 2. The van der Waals surface area contributed by atoms with Crippen LogP contribution in [0.2, 0.25) is 10.0 Å². The molecule has 4 rings (SSSR count). The molecule has 0 N–H and O–H groups in total. The Morgan fingerprint density at radius 1 is 1.00 bits per heavy atom. The first-order valence-corrected chi connectivity index (χ1v) is 9.35. The van der Waals surface area contributed by atoms with Crippen LogP contribution in [0.4, 0.5) is 0 Å². The van der Waals surface area contributed by atoms with Crippen molar-refractivity contribution in [1.29, 1.82) is 0 Å². The molecule has 0 spiro atoms. The summed E-state index contributed by atoms with van der Waals surface area (Å²) in [5.41, 5.74) is 3.61. The van der Waals surface area contributed by atoms with Crippen LogP contribution in [0.3, 0.4) is 0 Å². The van der Waals surface area contributed by atoms with E-state index in [-0.39, 0.29) is 11.9 Å². The van der Waals surface area contributed by atoms with E-state index in [9.17, 15) is 4.79 Å². The number of nitrogens with zero attached hydrogens (tertiary/aromatic N) is 3. The van der Waals surface area contributed by atoms with Crippen LogP contribution in [0.1, 0.15) is 30.5 Å². The van der Waals surface area contributed by atoms with Crippen molar-refractivity contribution in [1.82, 2.24) is 9.58 Å². The van der Waals surface area contributed by atoms with E-state index in [0.717, 1.165) is 22.5 Å². The fourth-order valence-electron chi connectivity index (χ4n) is 3.36. The first kappa shape index (κ1) is 17.8. The van der Waals surface area contributed by atoms with E-state index in [1.54, 1.807) is 18.2 Å². The first-order valence-electron chi connectivity index (χ1n) is 8.59. The summed E-state index contributed by atoms with van der Waals surface area (Å²) in [5, 5.41) is 7.12. The summed E-state index contributed by atoms with van der Waals surface area (Å²) in [6, 6.07) is 17.1. The monoisotopic (exact) mass is 397 g/mol. The third-order valence-corrected chi connectivity index (χ3v) is 5.33. The third-order valence-electron chi connectivity index (χ3n) is 4.67. The van der Waals surface area contributed by atoms with E-state index in [2.05, 4.69) is 5.10 Å². The maximum absolute atomic E-state index is 12.2. The molecule has 2 aromatic carbocycles. The van der Waals surface area contributed by atoms with Crippen molar-refractivity contribution in [3.63, 3.8) is 0 Å². The van der Waals surface area contributed by atoms with Gasteiger partial charge in [-0.3, -0.25) is 4.79 Å². The quantitative estimate of drug-likeness (QED) is 0.576. The fourth-order valence-corrected chi connectivity index (χ4v) is 4.01.